The molecule has 2 heterocycles. The highest BCUT2D eigenvalue weighted by molar-refractivity contribution is 8.00. The van der Waals surface area contributed by atoms with Crippen molar-refractivity contribution >= 4 is 51.5 Å². The van der Waals surface area contributed by atoms with Crippen LogP contribution in [-0.2, 0) is 27.3 Å². The third-order valence-electron chi connectivity index (χ3n) is 5.60. The zero-order chi connectivity index (χ0) is 24.9. The third kappa shape index (κ3) is 5.73. The van der Waals surface area contributed by atoms with Crippen LogP contribution in [-0.4, -0.2) is 29.2 Å². The van der Waals surface area contributed by atoms with Crippen LogP contribution in [0.3, 0.4) is 0 Å². The molecule has 1 atom stereocenters. The second-order valence-corrected chi connectivity index (χ2v) is 10.4. The SMILES string of the molecule is CC(=O)Nc1cccc(SC(C(=O)Nc2sc3c(c2C#N)CCN(C(C)=O)C3)c2ccccc2)c1. The smallest absolute Gasteiger partial charge is 0.243 e. The van der Waals surface area contributed by atoms with Gasteiger partial charge >= 0.3 is 0 Å². The number of carbonyl (C=O) groups is 3. The Bertz CT molecular complexity index is 1310. The number of benzene rings is 2. The number of nitrogens with zero attached hydrogens (tertiary/aromatic N) is 2. The quantitative estimate of drug-likeness (QED) is 0.462. The Morgan fingerprint density at radius 1 is 1.09 bits per heavy atom. The molecular formula is C26H24N4O3S2. The zero-order valence-corrected chi connectivity index (χ0v) is 21.0. The number of hydrogen-bond acceptors (Lipinski definition) is 6. The third-order valence-corrected chi connectivity index (χ3v) is 7.98. The first-order valence-electron chi connectivity index (χ1n) is 11.1. The number of thiophene rings is 1. The lowest BCUT2D eigenvalue weighted by Gasteiger charge is -2.25. The summed E-state index contributed by atoms with van der Waals surface area (Å²) in [6.07, 6.45) is 0.594. The highest BCUT2D eigenvalue weighted by atomic mass is 32.2. The van der Waals surface area contributed by atoms with E-state index in [4.69, 9.17) is 0 Å². The minimum absolute atomic E-state index is 0.00446. The first-order valence-corrected chi connectivity index (χ1v) is 12.8. The van der Waals surface area contributed by atoms with E-state index in [1.165, 1.54) is 36.9 Å². The Kier molecular flexibility index (Phi) is 7.54. The van der Waals surface area contributed by atoms with Gasteiger partial charge in [-0.2, -0.15) is 5.26 Å². The number of nitriles is 1. The van der Waals surface area contributed by atoms with Crippen LogP contribution in [0.25, 0.3) is 0 Å². The Morgan fingerprint density at radius 3 is 2.54 bits per heavy atom. The number of amides is 3. The molecule has 0 fully saturated rings. The van der Waals surface area contributed by atoms with E-state index in [2.05, 4.69) is 16.7 Å². The molecule has 3 aromatic rings. The van der Waals surface area contributed by atoms with Gasteiger partial charge in [-0.05, 0) is 35.7 Å². The summed E-state index contributed by atoms with van der Waals surface area (Å²) >= 11 is 2.73. The Labute approximate surface area is 212 Å². The summed E-state index contributed by atoms with van der Waals surface area (Å²) in [7, 11) is 0. The van der Waals surface area contributed by atoms with Gasteiger partial charge in [-0.15, -0.1) is 23.1 Å². The summed E-state index contributed by atoms with van der Waals surface area (Å²) < 4.78 is 0. The van der Waals surface area contributed by atoms with Gasteiger partial charge in [0.1, 0.15) is 16.3 Å². The Morgan fingerprint density at radius 2 is 1.86 bits per heavy atom. The van der Waals surface area contributed by atoms with Gasteiger partial charge in [0.2, 0.25) is 17.7 Å². The summed E-state index contributed by atoms with van der Waals surface area (Å²) in [6.45, 7) is 4.00. The highest BCUT2D eigenvalue weighted by Crippen LogP contribution is 2.40. The van der Waals surface area contributed by atoms with Gasteiger partial charge in [-0.3, -0.25) is 14.4 Å². The van der Waals surface area contributed by atoms with Crippen LogP contribution in [0, 0.1) is 11.3 Å². The molecule has 1 unspecified atom stereocenters. The van der Waals surface area contributed by atoms with Gasteiger partial charge < -0.3 is 15.5 Å². The second-order valence-electron chi connectivity index (χ2n) is 8.12. The van der Waals surface area contributed by atoms with Gasteiger partial charge in [0, 0.05) is 35.9 Å². The first kappa shape index (κ1) is 24.5. The molecule has 3 amide bonds. The molecule has 1 aromatic heterocycles. The second kappa shape index (κ2) is 10.8. The fourth-order valence-corrected chi connectivity index (χ4v) is 6.24. The van der Waals surface area contributed by atoms with Crippen molar-refractivity contribution in [2.45, 2.75) is 37.0 Å². The Hall–Kier alpha value is -3.61. The van der Waals surface area contributed by atoms with Crippen LogP contribution in [0.2, 0.25) is 0 Å². The maximum atomic E-state index is 13.6. The molecule has 1 aliphatic heterocycles. The van der Waals surface area contributed by atoms with E-state index in [1.807, 2.05) is 48.5 Å². The fourth-order valence-electron chi connectivity index (χ4n) is 3.94. The van der Waals surface area contributed by atoms with E-state index in [1.54, 1.807) is 11.0 Å². The van der Waals surface area contributed by atoms with Crippen molar-refractivity contribution in [1.29, 1.82) is 5.26 Å². The lowest BCUT2D eigenvalue weighted by Crippen LogP contribution is -2.33. The van der Waals surface area contributed by atoms with Crippen LogP contribution in [0.1, 0.15) is 40.7 Å². The molecule has 7 nitrogen and oxygen atoms in total. The van der Waals surface area contributed by atoms with E-state index in [-0.39, 0.29) is 17.7 Å². The van der Waals surface area contributed by atoms with Crippen LogP contribution in [0.4, 0.5) is 10.7 Å². The van der Waals surface area contributed by atoms with Crippen LogP contribution < -0.4 is 10.6 Å². The van der Waals surface area contributed by atoms with Crippen molar-refractivity contribution in [3.63, 3.8) is 0 Å². The minimum atomic E-state index is -0.580. The highest BCUT2D eigenvalue weighted by Gasteiger charge is 2.29. The van der Waals surface area contributed by atoms with Crippen LogP contribution >= 0.6 is 23.1 Å². The standard InChI is InChI=1S/C26H24N4O3S2/c1-16(31)28-19-9-6-10-20(13-19)34-24(18-7-4-3-5-8-18)25(33)29-26-22(14-27)21-11-12-30(17(2)32)15-23(21)35-26/h3-10,13,24H,11-12,15H2,1-2H3,(H,28,31)(H,29,33). The monoisotopic (exact) mass is 504 g/mol. The molecule has 0 saturated heterocycles. The van der Waals surface area contributed by atoms with Crippen molar-refractivity contribution in [3.8, 4) is 6.07 Å². The number of carbonyl (C=O) groups excluding carboxylic acids is 3. The van der Waals surface area contributed by atoms with Crippen molar-refractivity contribution in [2.75, 3.05) is 17.2 Å². The van der Waals surface area contributed by atoms with E-state index in [0.717, 1.165) is 20.9 Å². The lowest BCUT2D eigenvalue weighted by molar-refractivity contribution is -0.129. The molecule has 0 aliphatic carbocycles. The predicted molar refractivity (Wildman–Crippen MR) is 138 cm³/mol. The molecule has 1 aliphatic rings. The number of fused-ring (bicyclic) bond motifs is 1. The largest absolute Gasteiger partial charge is 0.337 e. The molecule has 2 aromatic carbocycles. The maximum Gasteiger partial charge on any atom is 0.243 e. The number of rotatable bonds is 6. The molecule has 0 saturated carbocycles. The summed E-state index contributed by atoms with van der Waals surface area (Å²) in [5.74, 6) is -0.418. The fraction of sp³-hybridized carbons (Fsp3) is 0.231. The number of hydrogen-bond donors (Lipinski definition) is 2. The van der Waals surface area contributed by atoms with Gasteiger partial charge in [-0.1, -0.05) is 36.4 Å². The van der Waals surface area contributed by atoms with E-state index in [0.29, 0.717) is 35.8 Å². The van der Waals surface area contributed by atoms with Gasteiger partial charge in [0.05, 0.1) is 12.1 Å². The normalized spacial score (nSPS) is 13.3. The molecule has 178 valence electrons. The summed E-state index contributed by atoms with van der Waals surface area (Å²) in [5.41, 5.74) is 2.87. The van der Waals surface area contributed by atoms with Crippen molar-refractivity contribution in [2.24, 2.45) is 0 Å². The molecule has 35 heavy (non-hydrogen) atoms. The minimum Gasteiger partial charge on any atom is -0.337 e. The molecule has 4 rings (SSSR count). The number of anilines is 2. The molecule has 0 spiro atoms. The Balaban J connectivity index is 1.62. The number of nitrogens with one attached hydrogen (secondary N) is 2. The van der Waals surface area contributed by atoms with E-state index < -0.39 is 5.25 Å². The van der Waals surface area contributed by atoms with Crippen LogP contribution in [0.15, 0.2) is 59.5 Å². The maximum absolute atomic E-state index is 13.6. The van der Waals surface area contributed by atoms with E-state index in [9.17, 15) is 19.6 Å². The van der Waals surface area contributed by atoms with Gasteiger partial charge in [0.25, 0.3) is 0 Å². The number of thioether (sulfide) groups is 1. The molecule has 2 N–H and O–H groups in total. The average molecular weight is 505 g/mol. The van der Waals surface area contributed by atoms with Crippen LogP contribution in [0.5, 0.6) is 0 Å². The molecule has 0 bridgehead atoms. The van der Waals surface area contributed by atoms with E-state index >= 15 is 0 Å². The van der Waals surface area contributed by atoms with Gasteiger partial charge in [0.15, 0.2) is 0 Å². The van der Waals surface area contributed by atoms with Crippen molar-refractivity contribution < 1.29 is 14.4 Å². The topological polar surface area (TPSA) is 102 Å². The predicted octanol–water partition coefficient (Wildman–Crippen LogP) is 4.95. The van der Waals surface area contributed by atoms with Crippen molar-refractivity contribution in [3.05, 3.63) is 76.2 Å². The molecule has 9 heteroatoms. The summed E-state index contributed by atoms with van der Waals surface area (Å²) in [6, 6.07) is 19.0. The van der Waals surface area contributed by atoms with Gasteiger partial charge in [-0.25, -0.2) is 0 Å². The first-order chi connectivity index (χ1) is 16.9. The summed E-state index contributed by atoms with van der Waals surface area (Å²) in [4.78, 5) is 40.3. The average Bonchev–Trinajstić information content (AvgIpc) is 3.18. The molecule has 0 radical (unpaired) electrons. The van der Waals surface area contributed by atoms with Crippen molar-refractivity contribution in [1.82, 2.24) is 4.90 Å². The zero-order valence-electron chi connectivity index (χ0n) is 19.3. The summed E-state index contributed by atoms with van der Waals surface area (Å²) in [5, 5.41) is 15.5. The molecular weight excluding hydrogens is 480 g/mol. The lowest BCUT2D eigenvalue weighted by atomic mass is 10.0.